The number of benzene rings is 2. The van der Waals surface area contributed by atoms with Gasteiger partial charge in [-0.2, -0.15) is 0 Å². The summed E-state index contributed by atoms with van der Waals surface area (Å²) in [5.41, 5.74) is 2.47. The molecule has 2 rings (SSSR count). The fraction of sp³-hybridized carbons (Fsp3) is 0.0714. The summed E-state index contributed by atoms with van der Waals surface area (Å²) in [6, 6.07) is 14.4. The summed E-state index contributed by atoms with van der Waals surface area (Å²) in [6.07, 6.45) is 0. The van der Waals surface area contributed by atoms with Crippen LogP contribution in [0.25, 0.3) is 0 Å². The molecule has 0 spiro atoms. The summed E-state index contributed by atoms with van der Waals surface area (Å²) in [5.74, 6) is 0. The molecular weight excluding hydrogens is 248 g/mol. The molecule has 0 radical (unpaired) electrons. The Morgan fingerprint density at radius 3 is 2.33 bits per heavy atom. The Morgan fingerprint density at radius 1 is 1.00 bits per heavy atom. The number of halogens is 1. The van der Waals surface area contributed by atoms with Crippen molar-refractivity contribution < 1.29 is 4.79 Å². The molecule has 0 unspecified atom stereocenters. The van der Waals surface area contributed by atoms with Crippen molar-refractivity contribution in [2.75, 3.05) is 10.6 Å². The molecule has 2 N–H and O–H groups in total. The van der Waals surface area contributed by atoms with Gasteiger partial charge in [-0.05, 0) is 31.2 Å². The number of para-hydroxylation sites is 1. The van der Waals surface area contributed by atoms with Crippen LogP contribution in [0.5, 0.6) is 0 Å². The normalized spacial score (nSPS) is 9.89. The zero-order valence-corrected chi connectivity index (χ0v) is 10.7. The number of aryl methyl sites for hydroxylation is 1. The van der Waals surface area contributed by atoms with Crippen molar-refractivity contribution in [2.45, 2.75) is 6.92 Å². The van der Waals surface area contributed by atoms with E-state index in [2.05, 4.69) is 10.6 Å². The average molecular weight is 261 g/mol. The summed E-state index contributed by atoms with van der Waals surface area (Å²) >= 11 is 5.95. The fourth-order valence-electron chi connectivity index (χ4n) is 1.48. The monoisotopic (exact) mass is 260 g/mol. The molecule has 3 nitrogen and oxygen atoms in total. The fourth-order valence-corrected chi connectivity index (χ4v) is 1.67. The van der Waals surface area contributed by atoms with Gasteiger partial charge in [0.15, 0.2) is 0 Å². The second-order valence-electron chi connectivity index (χ2n) is 3.92. The van der Waals surface area contributed by atoms with E-state index < -0.39 is 0 Å². The molecule has 2 aromatic carbocycles. The molecule has 0 saturated carbocycles. The lowest BCUT2D eigenvalue weighted by Crippen LogP contribution is -2.19. The van der Waals surface area contributed by atoms with Crippen LogP contribution in [0.15, 0.2) is 48.5 Å². The number of carbonyl (C=O) groups is 1. The van der Waals surface area contributed by atoms with Crippen LogP contribution in [-0.2, 0) is 0 Å². The highest BCUT2D eigenvalue weighted by Crippen LogP contribution is 2.20. The van der Waals surface area contributed by atoms with Crippen molar-refractivity contribution in [1.82, 2.24) is 0 Å². The van der Waals surface area contributed by atoms with E-state index >= 15 is 0 Å². The largest absolute Gasteiger partial charge is 0.323 e. The minimum absolute atomic E-state index is 0.313. The van der Waals surface area contributed by atoms with Gasteiger partial charge in [0.05, 0.1) is 10.7 Å². The third-order valence-corrected chi connectivity index (χ3v) is 2.76. The van der Waals surface area contributed by atoms with E-state index in [4.69, 9.17) is 11.6 Å². The molecule has 0 heterocycles. The smallest absolute Gasteiger partial charge is 0.308 e. The van der Waals surface area contributed by atoms with Gasteiger partial charge in [0.2, 0.25) is 0 Å². The Morgan fingerprint density at radius 2 is 1.67 bits per heavy atom. The third-order valence-electron chi connectivity index (χ3n) is 2.43. The van der Waals surface area contributed by atoms with Crippen molar-refractivity contribution >= 4 is 29.0 Å². The first kappa shape index (κ1) is 12.5. The molecule has 18 heavy (non-hydrogen) atoms. The maximum absolute atomic E-state index is 11.7. The minimum Gasteiger partial charge on any atom is -0.308 e. The number of carbonyl (C=O) groups excluding carboxylic acids is 1. The molecule has 0 bridgehead atoms. The first-order chi connectivity index (χ1) is 8.65. The number of nitrogens with one attached hydrogen (secondary N) is 2. The predicted molar refractivity (Wildman–Crippen MR) is 75.3 cm³/mol. The van der Waals surface area contributed by atoms with Crippen molar-refractivity contribution in [3.8, 4) is 0 Å². The summed E-state index contributed by atoms with van der Waals surface area (Å²) < 4.78 is 0. The highest BCUT2D eigenvalue weighted by Gasteiger charge is 2.04. The van der Waals surface area contributed by atoms with Crippen LogP contribution in [-0.4, -0.2) is 6.03 Å². The second-order valence-corrected chi connectivity index (χ2v) is 4.33. The first-order valence-electron chi connectivity index (χ1n) is 5.54. The molecule has 0 aliphatic carbocycles. The molecule has 0 aromatic heterocycles. The average Bonchev–Trinajstić information content (AvgIpc) is 2.35. The minimum atomic E-state index is -0.313. The van der Waals surface area contributed by atoms with E-state index in [0.29, 0.717) is 10.7 Å². The van der Waals surface area contributed by atoms with E-state index in [-0.39, 0.29) is 6.03 Å². The highest BCUT2D eigenvalue weighted by molar-refractivity contribution is 6.33. The van der Waals surface area contributed by atoms with Crippen molar-refractivity contribution in [3.05, 3.63) is 59.1 Å². The van der Waals surface area contributed by atoms with Crippen molar-refractivity contribution in [2.24, 2.45) is 0 Å². The van der Waals surface area contributed by atoms with E-state index in [1.165, 1.54) is 0 Å². The molecule has 0 aliphatic rings. The van der Waals surface area contributed by atoms with E-state index in [1.54, 1.807) is 12.1 Å². The number of rotatable bonds is 2. The van der Waals surface area contributed by atoms with E-state index in [9.17, 15) is 4.79 Å². The van der Waals surface area contributed by atoms with Crippen LogP contribution in [0.1, 0.15) is 5.56 Å². The SMILES string of the molecule is Cc1ccc(NC(=O)Nc2ccccc2Cl)cc1. The number of hydrogen-bond donors (Lipinski definition) is 2. The molecule has 0 atom stereocenters. The lowest BCUT2D eigenvalue weighted by Gasteiger charge is -2.08. The maximum Gasteiger partial charge on any atom is 0.323 e. The molecule has 0 aliphatic heterocycles. The van der Waals surface area contributed by atoms with Gasteiger partial charge < -0.3 is 10.6 Å². The van der Waals surface area contributed by atoms with Gasteiger partial charge in [0, 0.05) is 5.69 Å². The summed E-state index contributed by atoms with van der Waals surface area (Å²) in [7, 11) is 0. The Hall–Kier alpha value is -2.00. The van der Waals surface area contributed by atoms with Gasteiger partial charge in [-0.25, -0.2) is 4.79 Å². The molecule has 4 heteroatoms. The molecule has 0 saturated heterocycles. The quantitative estimate of drug-likeness (QED) is 0.831. The van der Waals surface area contributed by atoms with Crippen molar-refractivity contribution in [3.63, 3.8) is 0 Å². The van der Waals surface area contributed by atoms with Gasteiger partial charge in [-0.15, -0.1) is 0 Å². The van der Waals surface area contributed by atoms with Gasteiger partial charge in [-0.1, -0.05) is 41.4 Å². The standard InChI is InChI=1S/C14H13ClN2O/c1-10-6-8-11(9-7-10)16-14(18)17-13-5-3-2-4-12(13)15/h2-9H,1H3,(H2,16,17,18). The van der Waals surface area contributed by atoms with Crippen LogP contribution in [0, 0.1) is 6.92 Å². The van der Waals surface area contributed by atoms with Crippen LogP contribution in [0.3, 0.4) is 0 Å². The number of urea groups is 1. The summed E-state index contributed by atoms with van der Waals surface area (Å²) in [5, 5.41) is 5.94. The lowest BCUT2D eigenvalue weighted by molar-refractivity contribution is 0.262. The second kappa shape index (κ2) is 5.56. The number of amides is 2. The van der Waals surface area contributed by atoms with E-state index in [0.717, 1.165) is 11.3 Å². The van der Waals surface area contributed by atoms with Gasteiger partial charge in [0.25, 0.3) is 0 Å². The van der Waals surface area contributed by atoms with Gasteiger partial charge in [0.1, 0.15) is 0 Å². The Labute approximate surface area is 111 Å². The zero-order chi connectivity index (χ0) is 13.0. The van der Waals surface area contributed by atoms with Crippen molar-refractivity contribution in [1.29, 1.82) is 0 Å². The first-order valence-corrected chi connectivity index (χ1v) is 5.92. The maximum atomic E-state index is 11.7. The molecule has 92 valence electrons. The highest BCUT2D eigenvalue weighted by atomic mass is 35.5. The Balaban J connectivity index is 2.01. The summed E-state index contributed by atoms with van der Waals surface area (Å²) in [4.78, 5) is 11.7. The molecule has 2 amide bonds. The van der Waals surface area contributed by atoms with Crippen LogP contribution in [0.4, 0.5) is 16.2 Å². The van der Waals surface area contributed by atoms with Crippen LogP contribution in [0.2, 0.25) is 5.02 Å². The predicted octanol–water partition coefficient (Wildman–Crippen LogP) is 4.29. The lowest BCUT2D eigenvalue weighted by atomic mass is 10.2. The Bertz CT molecular complexity index is 552. The van der Waals surface area contributed by atoms with Gasteiger partial charge >= 0.3 is 6.03 Å². The van der Waals surface area contributed by atoms with Gasteiger partial charge in [-0.3, -0.25) is 0 Å². The molecular formula is C14H13ClN2O. The van der Waals surface area contributed by atoms with Crippen LogP contribution < -0.4 is 10.6 Å². The zero-order valence-electron chi connectivity index (χ0n) is 9.91. The topological polar surface area (TPSA) is 41.1 Å². The summed E-state index contributed by atoms with van der Waals surface area (Å²) in [6.45, 7) is 1.99. The molecule has 0 fully saturated rings. The van der Waals surface area contributed by atoms with Crippen LogP contribution >= 0.6 is 11.6 Å². The Kier molecular flexibility index (Phi) is 3.85. The third kappa shape index (κ3) is 3.25. The number of anilines is 2. The molecule has 2 aromatic rings. The number of hydrogen-bond acceptors (Lipinski definition) is 1. The van der Waals surface area contributed by atoms with E-state index in [1.807, 2.05) is 43.3 Å².